The first kappa shape index (κ1) is 14.1. The number of carbonyl (C=O) groups excluding carboxylic acids is 2. The Morgan fingerprint density at radius 3 is 2.76 bits per heavy atom. The summed E-state index contributed by atoms with van der Waals surface area (Å²) in [5.41, 5.74) is 1.29. The highest BCUT2D eigenvalue weighted by atomic mass is 16.2. The Hall–Kier alpha value is -1.88. The second-order valence-corrected chi connectivity index (χ2v) is 5.86. The molecule has 5 heteroatoms. The van der Waals surface area contributed by atoms with Gasteiger partial charge in [-0.2, -0.15) is 0 Å². The van der Waals surface area contributed by atoms with Crippen LogP contribution in [-0.4, -0.2) is 30.9 Å². The first-order valence-electron chi connectivity index (χ1n) is 7.65. The Morgan fingerprint density at radius 1 is 1.19 bits per heavy atom. The van der Waals surface area contributed by atoms with E-state index in [1.165, 1.54) is 0 Å². The van der Waals surface area contributed by atoms with E-state index in [0.29, 0.717) is 17.3 Å². The highest BCUT2D eigenvalue weighted by molar-refractivity contribution is 5.98. The molecule has 1 aliphatic heterocycles. The monoisotopic (exact) mass is 287 g/mol. The molecule has 1 saturated carbocycles. The van der Waals surface area contributed by atoms with Gasteiger partial charge in [-0.25, -0.2) is 0 Å². The van der Waals surface area contributed by atoms with Crippen LogP contribution in [0.4, 0.5) is 5.69 Å². The van der Waals surface area contributed by atoms with E-state index in [4.69, 9.17) is 0 Å². The lowest BCUT2D eigenvalue weighted by Gasteiger charge is -2.22. The van der Waals surface area contributed by atoms with Crippen LogP contribution >= 0.6 is 0 Å². The van der Waals surface area contributed by atoms with Crippen LogP contribution in [0.25, 0.3) is 0 Å². The van der Waals surface area contributed by atoms with Gasteiger partial charge >= 0.3 is 0 Å². The predicted octanol–water partition coefficient (Wildman–Crippen LogP) is 1.52. The summed E-state index contributed by atoms with van der Waals surface area (Å²) in [6.45, 7) is 1.72. The molecule has 1 aliphatic carbocycles. The molecule has 0 spiro atoms. The first-order valence-corrected chi connectivity index (χ1v) is 7.65. The van der Waals surface area contributed by atoms with E-state index in [0.717, 1.165) is 38.8 Å². The Bertz CT molecular complexity index is 534. The molecule has 1 aromatic carbocycles. The zero-order chi connectivity index (χ0) is 14.7. The Kier molecular flexibility index (Phi) is 4.20. The van der Waals surface area contributed by atoms with Gasteiger partial charge in [-0.1, -0.05) is 6.07 Å². The Labute approximate surface area is 124 Å². The standard InChI is InChI=1S/C16H21N3O2/c20-15(18-13-6-7-13)11-3-1-5-14(9-11)19-16(21)12-4-2-8-17-10-12/h1,3,5,9,12-13,17H,2,4,6-8,10H2,(H,18,20)(H,19,21)/t12-/m0/s1. The summed E-state index contributed by atoms with van der Waals surface area (Å²) >= 11 is 0. The van der Waals surface area contributed by atoms with Crippen molar-refractivity contribution in [1.82, 2.24) is 10.6 Å². The van der Waals surface area contributed by atoms with Crippen LogP contribution in [0, 0.1) is 5.92 Å². The first-order chi connectivity index (χ1) is 10.2. The van der Waals surface area contributed by atoms with Gasteiger partial charge < -0.3 is 16.0 Å². The number of nitrogens with one attached hydrogen (secondary N) is 3. The molecular formula is C16H21N3O2. The quantitative estimate of drug-likeness (QED) is 0.786. The summed E-state index contributed by atoms with van der Waals surface area (Å²) in [4.78, 5) is 24.2. The largest absolute Gasteiger partial charge is 0.349 e. The van der Waals surface area contributed by atoms with Crippen molar-refractivity contribution in [3.63, 3.8) is 0 Å². The van der Waals surface area contributed by atoms with E-state index in [1.54, 1.807) is 18.2 Å². The minimum absolute atomic E-state index is 0.0164. The lowest BCUT2D eigenvalue weighted by Crippen LogP contribution is -2.37. The topological polar surface area (TPSA) is 70.2 Å². The molecule has 1 aromatic rings. The van der Waals surface area contributed by atoms with Gasteiger partial charge in [0.2, 0.25) is 5.91 Å². The molecule has 1 heterocycles. The molecule has 112 valence electrons. The average molecular weight is 287 g/mol. The number of piperidine rings is 1. The van der Waals surface area contributed by atoms with Crippen LogP contribution in [0.15, 0.2) is 24.3 Å². The third kappa shape index (κ3) is 3.82. The molecule has 1 atom stereocenters. The molecule has 0 unspecified atom stereocenters. The zero-order valence-electron chi connectivity index (χ0n) is 12.0. The van der Waals surface area contributed by atoms with E-state index < -0.39 is 0 Å². The normalized spacial score (nSPS) is 21.6. The highest BCUT2D eigenvalue weighted by Crippen LogP contribution is 2.20. The average Bonchev–Trinajstić information content (AvgIpc) is 3.32. The van der Waals surface area contributed by atoms with Crippen molar-refractivity contribution in [2.24, 2.45) is 5.92 Å². The third-order valence-electron chi connectivity index (χ3n) is 3.97. The van der Waals surface area contributed by atoms with Gasteiger partial charge in [0.1, 0.15) is 0 Å². The molecular weight excluding hydrogens is 266 g/mol. The van der Waals surface area contributed by atoms with Crippen LogP contribution in [0.1, 0.15) is 36.0 Å². The minimum atomic E-state index is -0.0621. The minimum Gasteiger partial charge on any atom is -0.349 e. The maximum atomic E-state index is 12.2. The fourth-order valence-electron chi connectivity index (χ4n) is 2.55. The van der Waals surface area contributed by atoms with Crippen LogP contribution in [0.5, 0.6) is 0 Å². The Balaban J connectivity index is 1.61. The molecule has 0 bridgehead atoms. The van der Waals surface area contributed by atoms with Gasteiger partial charge in [0.15, 0.2) is 0 Å². The molecule has 1 saturated heterocycles. The lowest BCUT2D eigenvalue weighted by atomic mass is 9.98. The van der Waals surface area contributed by atoms with E-state index in [1.807, 2.05) is 6.07 Å². The van der Waals surface area contributed by atoms with Gasteiger partial charge in [0.25, 0.3) is 5.91 Å². The second kappa shape index (κ2) is 6.26. The summed E-state index contributed by atoms with van der Waals surface area (Å²) in [6.07, 6.45) is 4.08. The van der Waals surface area contributed by atoms with Crippen molar-refractivity contribution in [3.05, 3.63) is 29.8 Å². The summed E-state index contributed by atoms with van der Waals surface area (Å²) in [6, 6.07) is 7.48. The van der Waals surface area contributed by atoms with E-state index in [2.05, 4.69) is 16.0 Å². The summed E-state index contributed by atoms with van der Waals surface area (Å²) < 4.78 is 0. The van der Waals surface area contributed by atoms with E-state index >= 15 is 0 Å². The molecule has 2 amide bonds. The molecule has 2 fully saturated rings. The summed E-state index contributed by atoms with van der Waals surface area (Å²) in [5.74, 6) is -0.0161. The van der Waals surface area contributed by atoms with Crippen LogP contribution in [-0.2, 0) is 4.79 Å². The number of benzene rings is 1. The Morgan fingerprint density at radius 2 is 2.05 bits per heavy atom. The van der Waals surface area contributed by atoms with Gasteiger partial charge in [-0.05, 0) is 50.4 Å². The van der Waals surface area contributed by atoms with Crippen molar-refractivity contribution in [3.8, 4) is 0 Å². The predicted molar refractivity (Wildman–Crippen MR) is 81.2 cm³/mol. The van der Waals surface area contributed by atoms with Crippen LogP contribution in [0.3, 0.4) is 0 Å². The highest BCUT2D eigenvalue weighted by Gasteiger charge is 2.24. The molecule has 21 heavy (non-hydrogen) atoms. The van der Waals surface area contributed by atoms with Crippen molar-refractivity contribution in [2.75, 3.05) is 18.4 Å². The molecule has 0 aromatic heterocycles. The molecule has 3 rings (SSSR count). The van der Waals surface area contributed by atoms with Crippen LogP contribution < -0.4 is 16.0 Å². The van der Waals surface area contributed by atoms with Crippen molar-refractivity contribution in [2.45, 2.75) is 31.7 Å². The van der Waals surface area contributed by atoms with Crippen molar-refractivity contribution >= 4 is 17.5 Å². The van der Waals surface area contributed by atoms with Crippen molar-refractivity contribution < 1.29 is 9.59 Å². The number of rotatable bonds is 4. The summed E-state index contributed by atoms with van der Waals surface area (Å²) in [5, 5.41) is 9.10. The number of hydrogen-bond acceptors (Lipinski definition) is 3. The molecule has 5 nitrogen and oxygen atoms in total. The van der Waals surface area contributed by atoms with E-state index in [9.17, 15) is 9.59 Å². The summed E-state index contributed by atoms with van der Waals surface area (Å²) in [7, 11) is 0. The smallest absolute Gasteiger partial charge is 0.251 e. The lowest BCUT2D eigenvalue weighted by molar-refractivity contribution is -0.120. The van der Waals surface area contributed by atoms with Gasteiger partial charge in [-0.3, -0.25) is 9.59 Å². The number of amides is 2. The zero-order valence-corrected chi connectivity index (χ0v) is 12.0. The number of carbonyl (C=O) groups is 2. The maximum absolute atomic E-state index is 12.2. The second-order valence-electron chi connectivity index (χ2n) is 5.86. The van der Waals surface area contributed by atoms with Gasteiger partial charge in [-0.15, -0.1) is 0 Å². The number of anilines is 1. The third-order valence-corrected chi connectivity index (χ3v) is 3.97. The van der Waals surface area contributed by atoms with Gasteiger partial charge in [0, 0.05) is 23.8 Å². The maximum Gasteiger partial charge on any atom is 0.251 e. The molecule has 3 N–H and O–H groups in total. The van der Waals surface area contributed by atoms with Crippen molar-refractivity contribution in [1.29, 1.82) is 0 Å². The molecule has 0 radical (unpaired) electrons. The van der Waals surface area contributed by atoms with Gasteiger partial charge in [0.05, 0.1) is 5.92 Å². The fourth-order valence-corrected chi connectivity index (χ4v) is 2.55. The number of hydrogen-bond donors (Lipinski definition) is 3. The van der Waals surface area contributed by atoms with Crippen LogP contribution in [0.2, 0.25) is 0 Å². The fraction of sp³-hybridized carbons (Fsp3) is 0.500. The molecule has 2 aliphatic rings. The SMILES string of the molecule is O=C(NC1CC1)c1cccc(NC(=O)[C@H]2CCCNC2)c1. The van der Waals surface area contributed by atoms with E-state index in [-0.39, 0.29) is 17.7 Å².